The molecule has 1 atom stereocenters. The van der Waals surface area contributed by atoms with Crippen LogP contribution in [0.25, 0.3) is 0 Å². The average Bonchev–Trinajstić information content (AvgIpc) is 2.71. The van der Waals surface area contributed by atoms with E-state index in [2.05, 4.69) is 67.0 Å². The monoisotopic (exact) mass is 365 g/mol. The highest BCUT2D eigenvalue weighted by Crippen LogP contribution is 2.27. The predicted molar refractivity (Wildman–Crippen MR) is 112 cm³/mol. The highest BCUT2D eigenvalue weighted by Gasteiger charge is 2.32. The van der Waals surface area contributed by atoms with Gasteiger partial charge in [0.15, 0.2) is 0 Å². The van der Waals surface area contributed by atoms with Gasteiger partial charge >= 0.3 is 0 Å². The molecule has 0 bridgehead atoms. The van der Waals surface area contributed by atoms with Gasteiger partial charge in [0, 0.05) is 45.0 Å². The molecule has 4 nitrogen and oxygen atoms in total. The molecule has 1 unspecified atom stereocenters. The van der Waals surface area contributed by atoms with Crippen LogP contribution < -0.4 is 4.90 Å². The lowest BCUT2D eigenvalue weighted by Crippen LogP contribution is -2.51. The molecular formula is C23H31N3O. The average molecular weight is 366 g/mol. The zero-order chi connectivity index (χ0) is 19.2. The molecule has 4 heteroatoms. The van der Waals surface area contributed by atoms with Gasteiger partial charge in [0.05, 0.1) is 0 Å². The third kappa shape index (κ3) is 4.33. The molecule has 144 valence electrons. The lowest BCUT2D eigenvalue weighted by Gasteiger charge is -2.41. The molecular weight excluding hydrogens is 334 g/mol. The number of rotatable bonds is 6. The molecule has 0 spiro atoms. The SMILES string of the molecule is CCN(CC)C(=O)C(c1ccccc1)N1CCN(c2ccccc2C)CC1. The van der Waals surface area contributed by atoms with Crippen molar-refractivity contribution in [2.45, 2.75) is 26.8 Å². The van der Waals surface area contributed by atoms with E-state index < -0.39 is 0 Å². The van der Waals surface area contributed by atoms with Gasteiger partial charge in [0.25, 0.3) is 0 Å². The minimum atomic E-state index is -0.190. The molecule has 1 heterocycles. The third-order valence-corrected chi connectivity index (χ3v) is 5.56. The van der Waals surface area contributed by atoms with Crippen LogP contribution >= 0.6 is 0 Å². The fourth-order valence-electron chi connectivity index (χ4n) is 3.99. The van der Waals surface area contributed by atoms with E-state index in [0.29, 0.717) is 0 Å². The summed E-state index contributed by atoms with van der Waals surface area (Å²) in [6, 6.07) is 18.6. The normalized spacial score (nSPS) is 16.2. The van der Waals surface area contributed by atoms with Crippen LogP contribution in [-0.4, -0.2) is 55.0 Å². The summed E-state index contributed by atoms with van der Waals surface area (Å²) in [4.78, 5) is 20.0. The van der Waals surface area contributed by atoms with Crippen molar-refractivity contribution >= 4 is 11.6 Å². The first kappa shape index (κ1) is 19.4. The van der Waals surface area contributed by atoms with Crippen molar-refractivity contribution in [1.82, 2.24) is 9.80 Å². The minimum Gasteiger partial charge on any atom is -0.369 e. The van der Waals surface area contributed by atoms with E-state index in [9.17, 15) is 4.79 Å². The Hall–Kier alpha value is -2.33. The van der Waals surface area contributed by atoms with Crippen LogP contribution in [0, 0.1) is 6.92 Å². The van der Waals surface area contributed by atoms with Crippen LogP contribution in [0.3, 0.4) is 0 Å². The van der Waals surface area contributed by atoms with Crippen LogP contribution in [0.2, 0.25) is 0 Å². The van der Waals surface area contributed by atoms with Gasteiger partial charge in [-0.25, -0.2) is 0 Å². The molecule has 1 saturated heterocycles. The van der Waals surface area contributed by atoms with Crippen molar-refractivity contribution in [3.05, 3.63) is 65.7 Å². The van der Waals surface area contributed by atoms with E-state index in [1.807, 2.05) is 23.1 Å². The summed E-state index contributed by atoms with van der Waals surface area (Å²) in [6.45, 7) is 11.4. The van der Waals surface area contributed by atoms with Crippen molar-refractivity contribution < 1.29 is 4.79 Å². The predicted octanol–water partition coefficient (Wildman–Crippen LogP) is 3.73. The molecule has 1 amide bonds. The number of hydrogen-bond acceptors (Lipinski definition) is 3. The molecule has 27 heavy (non-hydrogen) atoms. The van der Waals surface area contributed by atoms with Gasteiger partial charge in [-0.15, -0.1) is 0 Å². The number of benzene rings is 2. The van der Waals surface area contributed by atoms with Crippen LogP contribution in [0.15, 0.2) is 54.6 Å². The molecule has 0 N–H and O–H groups in total. The maximum absolute atomic E-state index is 13.3. The Bertz CT molecular complexity index is 734. The van der Waals surface area contributed by atoms with Gasteiger partial charge in [-0.1, -0.05) is 48.5 Å². The smallest absolute Gasteiger partial charge is 0.244 e. The number of nitrogens with zero attached hydrogens (tertiary/aromatic N) is 3. The van der Waals surface area contributed by atoms with Gasteiger partial charge in [-0.05, 0) is 38.0 Å². The molecule has 0 aliphatic carbocycles. The highest BCUT2D eigenvalue weighted by molar-refractivity contribution is 5.83. The number of aryl methyl sites for hydroxylation is 1. The quantitative estimate of drug-likeness (QED) is 0.780. The van der Waals surface area contributed by atoms with Crippen molar-refractivity contribution in [3.8, 4) is 0 Å². The first-order valence-electron chi connectivity index (χ1n) is 10.0. The van der Waals surface area contributed by atoms with Crippen LogP contribution in [0.4, 0.5) is 5.69 Å². The zero-order valence-electron chi connectivity index (χ0n) is 16.8. The fourth-order valence-corrected chi connectivity index (χ4v) is 3.99. The first-order valence-corrected chi connectivity index (χ1v) is 10.0. The van der Waals surface area contributed by atoms with Gasteiger partial charge in [0.1, 0.15) is 6.04 Å². The Morgan fingerprint density at radius 3 is 2.11 bits per heavy atom. The standard InChI is InChI=1S/C23H31N3O/c1-4-24(5-2)23(27)22(20-12-7-6-8-13-20)26-17-15-25(16-18-26)21-14-10-9-11-19(21)3/h6-14,22H,4-5,15-18H2,1-3H3. The molecule has 1 aliphatic rings. The molecule has 3 rings (SSSR count). The van der Waals surface area contributed by atoms with Gasteiger partial charge in [-0.2, -0.15) is 0 Å². The number of piperazine rings is 1. The number of para-hydroxylation sites is 1. The molecule has 2 aromatic carbocycles. The number of likely N-dealkylation sites (N-methyl/N-ethyl adjacent to an activating group) is 1. The molecule has 0 radical (unpaired) electrons. The third-order valence-electron chi connectivity index (χ3n) is 5.56. The molecule has 0 saturated carbocycles. The van der Waals surface area contributed by atoms with E-state index in [0.717, 1.165) is 44.8 Å². The molecule has 1 aliphatic heterocycles. The summed E-state index contributed by atoms with van der Waals surface area (Å²) in [5.74, 6) is 0.218. The largest absolute Gasteiger partial charge is 0.369 e. The lowest BCUT2D eigenvalue weighted by atomic mass is 10.0. The summed E-state index contributed by atoms with van der Waals surface area (Å²) in [5, 5.41) is 0. The number of amides is 1. The van der Waals surface area contributed by atoms with Crippen LogP contribution in [-0.2, 0) is 4.79 Å². The van der Waals surface area contributed by atoms with Crippen LogP contribution in [0.5, 0.6) is 0 Å². The number of carbonyl (C=O) groups excluding carboxylic acids is 1. The summed E-state index contributed by atoms with van der Waals surface area (Å²) in [5.41, 5.74) is 3.71. The summed E-state index contributed by atoms with van der Waals surface area (Å²) in [7, 11) is 0. The first-order chi connectivity index (χ1) is 13.2. The maximum atomic E-state index is 13.3. The van der Waals surface area contributed by atoms with Gasteiger partial charge < -0.3 is 9.80 Å². The van der Waals surface area contributed by atoms with Gasteiger partial charge in [-0.3, -0.25) is 9.69 Å². The zero-order valence-corrected chi connectivity index (χ0v) is 16.8. The molecule has 0 aromatic heterocycles. The molecule has 2 aromatic rings. The van der Waals surface area contributed by atoms with Crippen molar-refractivity contribution in [2.75, 3.05) is 44.2 Å². The lowest BCUT2D eigenvalue weighted by molar-refractivity contribution is -0.137. The van der Waals surface area contributed by atoms with Crippen molar-refractivity contribution in [2.24, 2.45) is 0 Å². The minimum absolute atomic E-state index is 0.190. The Morgan fingerprint density at radius 2 is 1.52 bits per heavy atom. The van der Waals surface area contributed by atoms with E-state index in [1.54, 1.807) is 0 Å². The van der Waals surface area contributed by atoms with E-state index >= 15 is 0 Å². The highest BCUT2D eigenvalue weighted by atomic mass is 16.2. The second kappa shape index (κ2) is 9.05. The number of anilines is 1. The Labute approximate surface area is 163 Å². The van der Waals surface area contributed by atoms with E-state index in [-0.39, 0.29) is 11.9 Å². The number of carbonyl (C=O) groups is 1. The summed E-state index contributed by atoms with van der Waals surface area (Å²) < 4.78 is 0. The van der Waals surface area contributed by atoms with Crippen LogP contribution in [0.1, 0.15) is 31.0 Å². The topological polar surface area (TPSA) is 26.8 Å². The van der Waals surface area contributed by atoms with Crippen molar-refractivity contribution in [3.63, 3.8) is 0 Å². The van der Waals surface area contributed by atoms with Gasteiger partial charge in [0.2, 0.25) is 5.91 Å². The molecule has 1 fully saturated rings. The Balaban J connectivity index is 1.78. The Morgan fingerprint density at radius 1 is 0.926 bits per heavy atom. The second-order valence-corrected chi connectivity index (χ2v) is 7.13. The van der Waals surface area contributed by atoms with Crippen molar-refractivity contribution in [1.29, 1.82) is 0 Å². The Kier molecular flexibility index (Phi) is 6.51. The second-order valence-electron chi connectivity index (χ2n) is 7.13. The fraction of sp³-hybridized carbons (Fsp3) is 0.435. The maximum Gasteiger partial charge on any atom is 0.244 e. The van der Waals surface area contributed by atoms with E-state index in [1.165, 1.54) is 11.3 Å². The summed E-state index contributed by atoms with van der Waals surface area (Å²) >= 11 is 0. The summed E-state index contributed by atoms with van der Waals surface area (Å²) in [6.07, 6.45) is 0. The van der Waals surface area contributed by atoms with E-state index in [4.69, 9.17) is 0 Å². The number of hydrogen-bond donors (Lipinski definition) is 0.